The highest BCUT2D eigenvalue weighted by Gasteiger charge is 2.12. The molecule has 2 aromatic carbocycles. The predicted octanol–water partition coefficient (Wildman–Crippen LogP) is 5.39. The summed E-state index contributed by atoms with van der Waals surface area (Å²) in [6, 6.07) is 19.9. The zero-order valence-corrected chi connectivity index (χ0v) is 19.9. The number of hydrogen-bond acceptors (Lipinski definition) is 4. The summed E-state index contributed by atoms with van der Waals surface area (Å²) < 4.78 is 8.42. The lowest BCUT2D eigenvalue weighted by Gasteiger charge is -2.14. The van der Waals surface area contributed by atoms with Crippen LogP contribution in [0.1, 0.15) is 54.4 Å². The molecule has 4 rings (SSSR count). The number of fused-ring (bicyclic) bond motifs is 1. The lowest BCUT2D eigenvalue weighted by molar-refractivity contribution is 0.0953. The number of carbonyl (C=O) groups excluding carboxylic acids is 1. The van der Waals surface area contributed by atoms with Gasteiger partial charge in [-0.05, 0) is 54.7 Å². The largest absolute Gasteiger partial charge is 0.493 e. The maximum atomic E-state index is 12.2. The van der Waals surface area contributed by atoms with E-state index < -0.39 is 0 Å². The summed E-state index contributed by atoms with van der Waals surface area (Å²) in [4.78, 5) is 21.1. The van der Waals surface area contributed by atoms with Crippen LogP contribution in [-0.2, 0) is 13.0 Å². The summed E-state index contributed by atoms with van der Waals surface area (Å²) in [5.74, 6) is 2.37. The first-order valence-corrected chi connectivity index (χ1v) is 12.0. The van der Waals surface area contributed by atoms with E-state index in [1.165, 1.54) is 5.56 Å². The van der Waals surface area contributed by atoms with E-state index in [1.807, 2.05) is 18.2 Å². The second kappa shape index (κ2) is 11.5. The molecule has 0 aliphatic rings. The van der Waals surface area contributed by atoms with Crippen molar-refractivity contribution < 1.29 is 9.53 Å². The highest BCUT2D eigenvalue weighted by Crippen LogP contribution is 2.26. The molecule has 1 amide bonds. The Kier molecular flexibility index (Phi) is 7.91. The lowest BCUT2D eigenvalue weighted by atomic mass is 10.0. The van der Waals surface area contributed by atoms with Crippen LogP contribution in [0.15, 0.2) is 73.1 Å². The number of ether oxygens (including phenoxy) is 1. The number of rotatable bonds is 11. The van der Waals surface area contributed by atoms with Crippen molar-refractivity contribution >= 4 is 16.9 Å². The van der Waals surface area contributed by atoms with Gasteiger partial charge in [0, 0.05) is 37.5 Å². The number of hydrogen-bond donors (Lipinski definition) is 1. The van der Waals surface area contributed by atoms with Crippen molar-refractivity contribution in [2.24, 2.45) is 0 Å². The van der Waals surface area contributed by atoms with Crippen molar-refractivity contribution in [2.75, 3.05) is 13.2 Å². The Morgan fingerprint density at radius 2 is 1.76 bits per heavy atom. The van der Waals surface area contributed by atoms with Gasteiger partial charge in [0.05, 0.1) is 17.6 Å². The average molecular weight is 457 g/mol. The minimum absolute atomic E-state index is 0.0743. The Bertz CT molecular complexity index is 1220. The van der Waals surface area contributed by atoms with E-state index in [4.69, 9.17) is 9.72 Å². The van der Waals surface area contributed by atoms with Gasteiger partial charge in [-0.2, -0.15) is 0 Å². The molecular formula is C28H32N4O2. The normalized spacial score (nSPS) is 11.1. The van der Waals surface area contributed by atoms with E-state index >= 15 is 0 Å². The van der Waals surface area contributed by atoms with Crippen LogP contribution in [0.2, 0.25) is 0 Å². The highest BCUT2D eigenvalue weighted by molar-refractivity contribution is 5.93. The Labute approximate surface area is 201 Å². The van der Waals surface area contributed by atoms with E-state index in [2.05, 4.69) is 59.0 Å². The molecule has 0 spiro atoms. The molecule has 0 radical (unpaired) electrons. The van der Waals surface area contributed by atoms with Gasteiger partial charge in [0.2, 0.25) is 0 Å². The van der Waals surface area contributed by atoms with E-state index in [-0.39, 0.29) is 5.91 Å². The van der Waals surface area contributed by atoms with Crippen molar-refractivity contribution in [1.29, 1.82) is 0 Å². The van der Waals surface area contributed by atoms with Gasteiger partial charge >= 0.3 is 0 Å². The second-order valence-corrected chi connectivity index (χ2v) is 8.66. The molecule has 0 aliphatic carbocycles. The topological polar surface area (TPSA) is 69.0 Å². The standard InChI is InChI=1S/C28H32N4O2/c1-21(2)23-9-3-6-12-26(23)34-20-8-19-32-25-11-5-4-10-24(25)31-27(32)13-7-16-30-28(33)22-14-17-29-18-15-22/h3-6,9-12,14-15,17-18,21H,7-8,13,16,19-20H2,1-2H3,(H,30,33). The van der Waals surface area contributed by atoms with Crippen LogP contribution in [0.3, 0.4) is 0 Å². The molecule has 0 saturated heterocycles. The fourth-order valence-corrected chi connectivity index (χ4v) is 4.11. The summed E-state index contributed by atoms with van der Waals surface area (Å²) in [7, 11) is 0. The van der Waals surface area contributed by atoms with Crippen LogP contribution < -0.4 is 10.1 Å². The molecule has 34 heavy (non-hydrogen) atoms. The highest BCUT2D eigenvalue weighted by atomic mass is 16.5. The maximum Gasteiger partial charge on any atom is 0.251 e. The first-order chi connectivity index (χ1) is 16.6. The molecule has 6 heteroatoms. The van der Waals surface area contributed by atoms with Crippen molar-refractivity contribution in [3.63, 3.8) is 0 Å². The van der Waals surface area contributed by atoms with Gasteiger partial charge in [-0.15, -0.1) is 0 Å². The number of aromatic nitrogens is 3. The van der Waals surface area contributed by atoms with E-state index in [0.717, 1.165) is 48.4 Å². The lowest BCUT2D eigenvalue weighted by Crippen LogP contribution is -2.25. The molecule has 1 N–H and O–H groups in total. The van der Waals surface area contributed by atoms with Crippen LogP contribution in [0.25, 0.3) is 11.0 Å². The number of benzene rings is 2. The number of amides is 1. The molecule has 0 atom stereocenters. The average Bonchev–Trinajstić information content (AvgIpc) is 3.22. The number of imidazole rings is 1. The zero-order chi connectivity index (χ0) is 23.8. The molecule has 6 nitrogen and oxygen atoms in total. The number of aryl methyl sites for hydroxylation is 2. The summed E-state index contributed by atoms with van der Waals surface area (Å²) in [5, 5.41) is 2.98. The third kappa shape index (κ3) is 5.81. The third-order valence-corrected chi connectivity index (χ3v) is 5.86. The summed E-state index contributed by atoms with van der Waals surface area (Å²) in [5.41, 5.74) is 4.01. The van der Waals surface area contributed by atoms with Crippen LogP contribution >= 0.6 is 0 Å². The molecule has 0 bridgehead atoms. The van der Waals surface area contributed by atoms with Gasteiger partial charge in [-0.1, -0.05) is 44.2 Å². The molecule has 0 saturated carbocycles. The van der Waals surface area contributed by atoms with Crippen molar-refractivity contribution in [1.82, 2.24) is 19.9 Å². The number of nitrogens with one attached hydrogen (secondary N) is 1. The molecule has 4 aromatic rings. The third-order valence-electron chi connectivity index (χ3n) is 5.86. The molecule has 2 aromatic heterocycles. The number of pyridine rings is 1. The molecule has 0 unspecified atom stereocenters. The van der Waals surface area contributed by atoms with Crippen LogP contribution in [-0.4, -0.2) is 33.6 Å². The molecule has 176 valence electrons. The van der Waals surface area contributed by atoms with Crippen molar-refractivity contribution in [3.05, 3.63) is 90.0 Å². The predicted molar refractivity (Wildman–Crippen MR) is 135 cm³/mol. The minimum atomic E-state index is -0.0743. The zero-order valence-electron chi connectivity index (χ0n) is 19.9. The molecule has 0 fully saturated rings. The smallest absolute Gasteiger partial charge is 0.251 e. The van der Waals surface area contributed by atoms with E-state index in [0.29, 0.717) is 24.6 Å². The van der Waals surface area contributed by atoms with E-state index in [1.54, 1.807) is 24.5 Å². The van der Waals surface area contributed by atoms with Gasteiger partial charge in [0.1, 0.15) is 11.6 Å². The van der Waals surface area contributed by atoms with Crippen LogP contribution in [0.4, 0.5) is 0 Å². The summed E-state index contributed by atoms with van der Waals surface area (Å²) >= 11 is 0. The molecular weight excluding hydrogens is 424 g/mol. The fraction of sp³-hybridized carbons (Fsp3) is 0.321. The van der Waals surface area contributed by atoms with Crippen molar-refractivity contribution in [2.45, 2.75) is 45.6 Å². The Hall–Kier alpha value is -3.67. The van der Waals surface area contributed by atoms with Gasteiger partial charge in [-0.25, -0.2) is 4.98 Å². The Balaban J connectivity index is 1.34. The van der Waals surface area contributed by atoms with Gasteiger partial charge < -0.3 is 14.6 Å². The first kappa shape index (κ1) is 23.5. The van der Waals surface area contributed by atoms with Gasteiger partial charge in [0.15, 0.2) is 0 Å². The van der Waals surface area contributed by atoms with Crippen LogP contribution in [0.5, 0.6) is 5.75 Å². The summed E-state index contributed by atoms with van der Waals surface area (Å²) in [6.07, 6.45) is 5.75. The second-order valence-electron chi connectivity index (χ2n) is 8.66. The molecule has 2 heterocycles. The fourth-order valence-electron chi connectivity index (χ4n) is 4.11. The number of carbonyl (C=O) groups is 1. The maximum absolute atomic E-state index is 12.2. The monoisotopic (exact) mass is 456 g/mol. The van der Waals surface area contributed by atoms with Crippen molar-refractivity contribution in [3.8, 4) is 5.75 Å². The number of para-hydroxylation sites is 3. The Morgan fingerprint density at radius 3 is 2.59 bits per heavy atom. The number of nitrogens with zero attached hydrogens (tertiary/aromatic N) is 3. The quantitative estimate of drug-likeness (QED) is 0.307. The Morgan fingerprint density at radius 1 is 1.00 bits per heavy atom. The van der Waals surface area contributed by atoms with Gasteiger partial charge in [0.25, 0.3) is 5.91 Å². The SMILES string of the molecule is CC(C)c1ccccc1OCCCn1c(CCCNC(=O)c2ccncc2)nc2ccccc21. The summed E-state index contributed by atoms with van der Waals surface area (Å²) in [6.45, 7) is 6.46. The van der Waals surface area contributed by atoms with Crippen LogP contribution in [0, 0.1) is 0 Å². The minimum Gasteiger partial charge on any atom is -0.493 e. The first-order valence-electron chi connectivity index (χ1n) is 12.0. The van der Waals surface area contributed by atoms with Gasteiger partial charge in [-0.3, -0.25) is 9.78 Å². The van der Waals surface area contributed by atoms with E-state index in [9.17, 15) is 4.79 Å². The molecule has 0 aliphatic heterocycles.